The molecular weight excluding hydrogens is 481 g/mol. The van der Waals surface area contributed by atoms with Gasteiger partial charge in [0.25, 0.3) is 0 Å². The fraction of sp³-hybridized carbons (Fsp3) is 0.586. The number of carboxylic acids is 1. The molecule has 3 fully saturated rings. The van der Waals surface area contributed by atoms with Crippen LogP contribution in [-0.2, 0) is 11.2 Å². The zero-order valence-electron chi connectivity index (χ0n) is 20.8. The quantitative estimate of drug-likeness (QED) is 0.478. The first-order valence-electron chi connectivity index (χ1n) is 13.4. The Morgan fingerprint density at radius 2 is 1.73 bits per heavy atom. The maximum Gasteiger partial charge on any atom is 0.391 e. The Kier molecular flexibility index (Phi) is 7.35. The van der Waals surface area contributed by atoms with E-state index in [-0.39, 0.29) is 24.9 Å². The van der Waals surface area contributed by atoms with Crippen molar-refractivity contribution in [3.63, 3.8) is 0 Å². The summed E-state index contributed by atoms with van der Waals surface area (Å²) >= 11 is 0. The van der Waals surface area contributed by atoms with Gasteiger partial charge in [-0.15, -0.1) is 0 Å². The fourth-order valence-corrected chi connectivity index (χ4v) is 6.71. The molecule has 0 aromatic heterocycles. The van der Waals surface area contributed by atoms with Crippen LogP contribution in [-0.4, -0.2) is 46.9 Å². The molecule has 0 radical (unpaired) electrons. The number of halogens is 3. The van der Waals surface area contributed by atoms with Crippen LogP contribution in [0.2, 0.25) is 0 Å². The van der Waals surface area contributed by atoms with Crippen molar-refractivity contribution >= 4 is 16.7 Å². The molecule has 8 heteroatoms. The van der Waals surface area contributed by atoms with E-state index in [0.717, 1.165) is 48.6 Å². The van der Waals surface area contributed by atoms with Gasteiger partial charge in [-0.05, 0) is 80.9 Å². The largest absolute Gasteiger partial charge is 0.489 e. The molecule has 2 bridgehead atoms. The minimum atomic E-state index is -4.16. The van der Waals surface area contributed by atoms with Crippen molar-refractivity contribution in [1.82, 2.24) is 4.90 Å². The van der Waals surface area contributed by atoms with E-state index in [0.29, 0.717) is 49.1 Å². The number of carboxylic acid groups (broad SMARTS) is 1. The molecule has 2 heterocycles. The van der Waals surface area contributed by atoms with Crippen molar-refractivity contribution < 1.29 is 27.8 Å². The van der Waals surface area contributed by atoms with Gasteiger partial charge in [0.15, 0.2) is 0 Å². The Morgan fingerprint density at radius 1 is 1.05 bits per heavy atom. The number of hydrogen-bond donors (Lipinski definition) is 1. The number of nitrogens with zero attached hydrogens (tertiary/aromatic N) is 2. The number of fused-ring (bicyclic) bond motifs is 3. The number of carbonyl (C=O) groups is 1. The van der Waals surface area contributed by atoms with Crippen molar-refractivity contribution in [1.29, 1.82) is 5.26 Å². The first kappa shape index (κ1) is 25.8. The third-order valence-corrected chi connectivity index (χ3v) is 8.72. The number of hydrogen-bond acceptors (Lipinski definition) is 4. The number of benzene rings is 2. The molecule has 1 saturated carbocycles. The van der Waals surface area contributed by atoms with Crippen molar-refractivity contribution in [2.75, 3.05) is 6.54 Å². The van der Waals surface area contributed by atoms with Gasteiger partial charge in [0.2, 0.25) is 0 Å². The molecule has 0 amide bonds. The monoisotopic (exact) mass is 514 g/mol. The molecule has 2 aromatic rings. The minimum absolute atomic E-state index is 0.0550. The topological polar surface area (TPSA) is 73.6 Å². The van der Waals surface area contributed by atoms with Crippen molar-refractivity contribution in [2.45, 2.75) is 88.6 Å². The highest BCUT2D eigenvalue weighted by atomic mass is 19.4. The second kappa shape index (κ2) is 10.5. The molecule has 2 unspecified atom stereocenters. The maximum absolute atomic E-state index is 13.0. The smallest absolute Gasteiger partial charge is 0.391 e. The van der Waals surface area contributed by atoms with Crippen LogP contribution >= 0.6 is 0 Å². The number of rotatable bonds is 6. The summed E-state index contributed by atoms with van der Waals surface area (Å²) in [5.74, 6) is -1.75. The molecule has 5 nitrogen and oxygen atoms in total. The molecule has 37 heavy (non-hydrogen) atoms. The van der Waals surface area contributed by atoms with E-state index < -0.39 is 18.1 Å². The first-order valence-corrected chi connectivity index (χ1v) is 13.4. The van der Waals surface area contributed by atoms with Crippen LogP contribution in [0.5, 0.6) is 5.75 Å². The number of piperidine rings is 2. The Balaban J connectivity index is 1.28. The predicted octanol–water partition coefficient (Wildman–Crippen LogP) is 6.47. The zero-order valence-corrected chi connectivity index (χ0v) is 20.8. The summed E-state index contributed by atoms with van der Waals surface area (Å²) in [6, 6.07) is 12.7. The summed E-state index contributed by atoms with van der Waals surface area (Å²) in [5.41, 5.74) is 1.53. The summed E-state index contributed by atoms with van der Waals surface area (Å²) in [7, 11) is 0. The molecule has 5 rings (SSSR count). The highest BCUT2D eigenvalue weighted by Gasteiger charge is 2.42. The van der Waals surface area contributed by atoms with Crippen LogP contribution in [0.25, 0.3) is 10.8 Å². The van der Waals surface area contributed by atoms with Crippen molar-refractivity contribution in [3.8, 4) is 11.8 Å². The lowest BCUT2D eigenvalue weighted by molar-refractivity contribution is -0.185. The van der Waals surface area contributed by atoms with E-state index in [4.69, 9.17) is 4.74 Å². The molecule has 3 aliphatic rings. The van der Waals surface area contributed by atoms with Gasteiger partial charge in [-0.1, -0.05) is 24.6 Å². The van der Waals surface area contributed by atoms with E-state index >= 15 is 0 Å². The van der Waals surface area contributed by atoms with Gasteiger partial charge in [-0.3, -0.25) is 9.69 Å². The van der Waals surface area contributed by atoms with E-state index in [2.05, 4.69) is 17.0 Å². The second-order valence-electron chi connectivity index (χ2n) is 11.0. The molecule has 2 aromatic carbocycles. The summed E-state index contributed by atoms with van der Waals surface area (Å²) in [4.78, 5) is 14.1. The molecular formula is C29H33F3N2O3. The van der Waals surface area contributed by atoms with E-state index in [9.17, 15) is 28.3 Å². The third-order valence-electron chi connectivity index (χ3n) is 8.72. The molecule has 0 spiro atoms. The lowest BCUT2D eigenvalue weighted by Gasteiger charge is -2.48. The van der Waals surface area contributed by atoms with Crippen molar-refractivity contribution in [3.05, 3.63) is 41.5 Å². The van der Waals surface area contributed by atoms with Crippen molar-refractivity contribution in [2.24, 2.45) is 11.8 Å². The normalized spacial score (nSPS) is 28.5. The van der Waals surface area contributed by atoms with Crippen LogP contribution in [0.15, 0.2) is 30.3 Å². The average Bonchev–Trinajstić information content (AvgIpc) is 2.86. The van der Waals surface area contributed by atoms with Gasteiger partial charge in [0, 0.05) is 24.0 Å². The van der Waals surface area contributed by atoms with Gasteiger partial charge in [0.1, 0.15) is 17.4 Å². The minimum Gasteiger partial charge on any atom is -0.489 e. The number of nitriles is 1. The molecule has 1 N–H and O–H groups in total. The third kappa shape index (κ3) is 5.57. The second-order valence-corrected chi connectivity index (χ2v) is 11.0. The highest BCUT2D eigenvalue weighted by Crippen LogP contribution is 2.40. The summed E-state index contributed by atoms with van der Waals surface area (Å²) < 4.78 is 45.1. The summed E-state index contributed by atoms with van der Waals surface area (Å²) in [6.45, 7) is 0.855. The van der Waals surface area contributed by atoms with Crippen LogP contribution in [0.3, 0.4) is 0 Å². The maximum atomic E-state index is 13.0. The van der Waals surface area contributed by atoms with Gasteiger partial charge in [0.05, 0.1) is 17.9 Å². The number of alkyl halides is 3. The van der Waals surface area contributed by atoms with E-state index in [1.165, 1.54) is 0 Å². The van der Waals surface area contributed by atoms with Gasteiger partial charge in [-0.25, -0.2) is 0 Å². The highest BCUT2D eigenvalue weighted by molar-refractivity contribution is 5.90. The van der Waals surface area contributed by atoms with E-state index in [1.807, 2.05) is 18.2 Å². The SMILES string of the molecule is N#Cc1c(O[C@H]2CC[C@@H](C(F)(F)F)CC2)ccc2ccc(CCN3C4CCCC3CC(C(=O)O)C4)cc12. The lowest BCUT2D eigenvalue weighted by atomic mass is 9.78. The van der Waals surface area contributed by atoms with Gasteiger partial charge >= 0.3 is 12.1 Å². The Labute approximate surface area is 215 Å². The summed E-state index contributed by atoms with van der Waals surface area (Å²) in [6.07, 6.45) is 1.76. The summed E-state index contributed by atoms with van der Waals surface area (Å²) in [5, 5.41) is 21.2. The predicted molar refractivity (Wildman–Crippen MR) is 133 cm³/mol. The van der Waals surface area contributed by atoms with Crippen LogP contribution in [0.1, 0.15) is 68.9 Å². The Bertz CT molecular complexity index is 1170. The standard InChI is InChI=1S/C29H33F3N2O3/c30-29(31,32)21-7-9-24(10-8-21)37-27-11-6-19-5-4-18(14-25(19)26(27)17-33)12-13-34-22-2-1-3-23(34)16-20(15-22)28(35)36/h4-6,11,14,20-24H,1-3,7-10,12-13,15-16H2,(H,35,36)/t20?,21-,22?,23?,24+. The molecule has 2 saturated heterocycles. The first-order chi connectivity index (χ1) is 17.7. The van der Waals surface area contributed by atoms with Crippen LogP contribution in [0, 0.1) is 23.2 Å². The Morgan fingerprint density at radius 3 is 2.35 bits per heavy atom. The van der Waals surface area contributed by atoms with Crippen LogP contribution in [0.4, 0.5) is 13.2 Å². The number of aliphatic carboxylic acids is 1. The molecule has 1 aliphatic carbocycles. The molecule has 2 aliphatic heterocycles. The zero-order chi connectivity index (χ0) is 26.2. The molecule has 2 atom stereocenters. The molecule has 198 valence electrons. The lowest BCUT2D eigenvalue weighted by Crippen LogP contribution is -2.53. The van der Waals surface area contributed by atoms with Gasteiger partial charge in [-0.2, -0.15) is 18.4 Å². The van der Waals surface area contributed by atoms with Gasteiger partial charge < -0.3 is 9.84 Å². The van der Waals surface area contributed by atoms with Crippen LogP contribution < -0.4 is 4.74 Å². The Hall–Kier alpha value is -2.79. The number of ether oxygens (including phenoxy) is 1. The van der Waals surface area contributed by atoms with E-state index in [1.54, 1.807) is 6.07 Å². The fourth-order valence-electron chi connectivity index (χ4n) is 6.71. The average molecular weight is 515 g/mol.